The molecule has 3 heteroatoms. The first-order chi connectivity index (χ1) is 4.50. The van der Waals surface area contributed by atoms with Gasteiger partial charge in [0.1, 0.15) is 0 Å². The van der Waals surface area contributed by atoms with Crippen LogP contribution in [0.3, 0.4) is 0 Å². The molecule has 0 aromatic carbocycles. The monoisotopic (exact) mass is 142 g/mol. The average Bonchev–Trinajstić information content (AvgIpc) is 2.11. The third-order valence-corrected chi connectivity index (χ3v) is 1.41. The van der Waals surface area contributed by atoms with Crippen molar-refractivity contribution in [2.24, 2.45) is 10.5 Å². The zero-order valence-electron chi connectivity index (χ0n) is 6.93. The maximum Gasteiger partial charge on any atom is 0.204 e. The molecule has 1 rings (SSSR count). The molecule has 0 aliphatic carbocycles. The van der Waals surface area contributed by atoms with Gasteiger partial charge in [-0.15, -0.1) is 5.10 Å². The van der Waals surface area contributed by atoms with Gasteiger partial charge in [0.15, 0.2) is 6.23 Å². The molecule has 1 atom stereocenters. The van der Waals surface area contributed by atoms with E-state index in [-0.39, 0.29) is 11.6 Å². The van der Waals surface area contributed by atoms with Crippen LogP contribution in [-0.4, -0.2) is 12.1 Å². The van der Waals surface area contributed by atoms with E-state index in [0.717, 1.165) is 5.90 Å². The molecule has 0 spiro atoms. The first-order valence-electron chi connectivity index (χ1n) is 3.46. The Balaban J connectivity index is 2.50. The van der Waals surface area contributed by atoms with Gasteiger partial charge < -0.3 is 4.74 Å². The Morgan fingerprint density at radius 3 is 2.30 bits per heavy atom. The predicted molar refractivity (Wildman–Crippen MR) is 40.6 cm³/mol. The smallest absolute Gasteiger partial charge is 0.204 e. The summed E-state index contributed by atoms with van der Waals surface area (Å²) < 4.78 is 5.36. The summed E-state index contributed by atoms with van der Waals surface area (Å²) in [4.78, 5) is 0. The zero-order chi connectivity index (χ0) is 7.78. The van der Waals surface area contributed by atoms with Gasteiger partial charge in [-0.05, 0) is 0 Å². The van der Waals surface area contributed by atoms with Crippen molar-refractivity contribution in [3.8, 4) is 0 Å². The minimum absolute atomic E-state index is 0.0347. The molecule has 1 unspecified atom stereocenters. The molecule has 0 amide bonds. The molecule has 1 heterocycles. The summed E-state index contributed by atoms with van der Waals surface area (Å²) in [5.74, 6) is 0.722. The Hall–Kier alpha value is -0.730. The highest BCUT2D eigenvalue weighted by molar-refractivity contribution is 5.74. The van der Waals surface area contributed by atoms with Crippen LogP contribution in [-0.2, 0) is 4.74 Å². The van der Waals surface area contributed by atoms with Crippen molar-refractivity contribution in [2.45, 2.75) is 33.9 Å². The van der Waals surface area contributed by atoms with Crippen molar-refractivity contribution in [1.29, 1.82) is 0 Å². The molecule has 0 fully saturated rings. The summed E-state index contributed by atoms with van der Waals surface area (Å²) in [6.45, 7) is 8.18. The fourth-order valence-electron chi connectivity index (χ4n) is 0.743. The third-order valence-electron chi connectivity index (χ3n) is 1.41. The van der Waals surface area contributed by atoms with Crippen molar-refractivity contribution in [1.82, 2.24) is 5.43 Å². The molecular weight excluding hydrogens is 128 g/mol. The van der Waals surface area contributed by atoms with Gasteiger partial charge in [-0.3, -0.25) is 5.43 Å². The lowest BCUT2D eigenvalue weighted by Gasteiger charge is -2.25. The lowest BCUT2D eigenvalue weighted by Crippen LogP contribution is -2.35. The summed E-state index contributed by atoms with van der Waals surface area (Å²) in [5.41, 5.74) is 3.02. The van der Waals surface area contributed by atoms with E-state index in [2.05, 4.69) is 31.3 Å². The van der Waals surface area contributed by atoms with E-state index in [1.807, 2.05) is 6.92 Å². The van der Waals surface area contributed by atoms with Gasteiger partial charge in [-0.2, -0.15) is 0 Å². The van der Waals surface area contributed by atoms with E-state index in [4.69, 9.17) is 4.74 Å². The number of hydrazone groups is 1. The van der Waals surface area contributed by atoms with Crippen LogP contribution in [0.2, 0.25) is 0 Å². The molecule has 1 aliphatic heterocycles. The van der Waals surface area contributed by atoms with E-state index in [1.165, 1.54) is 0 Å². The van der Waals surface area contributed by atoms with Gasteiger partial charge in [0, 0.05) is 12.3 Å². The van der Waals surface area contributed by atoms with Crippen molar-refractivity contribution < 1.29 is 4.74 Å². The van der Waals surface area contributed by atoms with Gasteiger partial charge in [0.05, 0.1) is 0 Å². The lowest BCUT2D eigenvalue weighted by atomic mass is 9.95. The summed E-state index contributed by atoms with van der Waals surface area (Å²) in [6.07, 6.45) is 0.0347. The van der Waals surface area contributed by atoms with Gasteiger partial charge in [0.2, 0.25) is 5.90 Å². The first-order valence-corrected chi connectivity index (χ1v) is 3.46. The molecule has 1 N–H and O–H groups in total. The SMILES string of the molecule is CC1=NNC(C(C)(C)C)O1. The van der Waals surface area contributed by atoms with Crippen LogP contribution in [0, 0.1) is 5.41 Å². The Kier molecular flexibility index (Phi) is 1.58. The topological polar surface area (TPSA) is 33.6 Å². The fraction of sp³-hybridized carbons (Fsp3) is 0.857. The minimum Gasteiger partial charge on any atom is -0.454 e. The van der Waals surface area contributed by atoms with Gasteiger partial charge in [-0.1, -0.05) is 20.8 Å². The van der Waals surface area contributed by atoms with Crippen molar-refractivity contribution >= 4 is 5.90 Å². The summed E-state index contributed by atoms with van der Waals surface area (Å²) in [5, 5.41) is 3.93. The molecule has 1 aliphatic rings. The predicted octanol–water partition coefficient (Wildman–Crippen LogP) is 1.31. The molecule has 0 aromatic heterocycles. The molecule has 0 radical (unpaired) electrons. The second-order valence-corrected chi connectivity index (χ2v) is 3.62. The number of ether oxygens (including phenoxy) is 1. The summed E-state index contributed by atoms with van der Waals surface area (Å²) in [7, 11) is 0. The molecular formula is C7H14N2O. The second-order valence-electron chi connectivity index (χ2n) is 3.62. The van der Waals surface area contributed by atoms with E-state index in [1.54, 1.807) is 0 Å². The van der Waals surface area contributed by atoms with Crippen molar-refractivity contribution in [2.75, 3.05) is 0 Å². The average molecular weight is 142 g/mol. The van der Waals surface area contributed by atoms with Crippen molar-refractivity contribution in [3.63, 3.8) is 0 Å². The van der Waals surface area contributed by atoms with E-state index in [0.29, 0.717) is 0 Å². The molecule has 0 saturated carbocycles. The van der Waals surface area contributed by atoms with E-state index >= 15 is 0 Å². The number of nitrogens with one attached hydrogen (secondary N) is 1. The number of hydrogen-bond donors (Lipinski definition) is 1. The highest BCUT2D eigenvalue weighted by Crippen LogP contribution is 2.22. The number of hydrogen-bond acceptors (Lipinski definition) is 3. The lowest BCUT2D eigenvalue weighted by molar-refractivity contribution is 0.0701. The molecule has 58 valence electrons. The van der Waals surface area contributed by atoms with Crippen molar-refractivity contribution in [3.05, 3.63) is 0 Å². The Bertz CT molecular complexity index is 157. The highest BCUT2D eigenvalue weighted by Gasteiger charge is 2.29. The number of nitrogens with zero attached hydrogens (tertiary/aromatic N) is 1. The molecule has 0 aromatic rings. The van der Waals surface area contributed by atoms with Crippen LogP contribution in [0.25, 0.3) is 0 Å². The van der Waals surface area contributed by atoms with Crippen LogP contribution >= 0.6 is 0 Å². The Morgan fingerprint density at radius 2 is 2.10 bits per heavy atom. The van der Waals surface area contributed by atoms with Crippen LogP contribution in [0.4, 0.5) is 0 Å². The maximum absolute atomic E-state index is 5.36. The largest absolute Gasteiger partial charge is 0.454 e. The zero-order valence-corrected chi connectivity index (χ0v) is 6.93. The quantitative estimate of drug-likeness (QED) is 0.553. The molecule has 3 nitrogen and oxygen atoms in total. The third kappa shape index (κ3) is 1.40. The van der Waals surface area contributed by atoms with Gasteiger partial charge in [-0.25, -0.2) is 0 Å². The molecule has 0 bridgehead atoms. The summed E-state index contributed by atoms with van der Waals surface area (Å²) >= 11 is 0. The normalized spacial score (nSPS) is 25.2. The maximum atomic E-state index is 5.36. The number of rotatable bonds is 0. The van der Waals surface area contributed by atoms with Crippen LogP contribution < -0.4 is 5.43 Å². The van der Waals surface area contributed by atoms with Crippen LogP contribution in [0.5, 0.6) is 0 Å². The molecule has 10 heavy (non-hydrogen) atoms. The Morgan fingerprint density at radius 1 is 1.50 bits per heavy atom. The first kappa shape index (κ1) is 7.38. The summed E-state index contributed by atoms with van der Waals surface area (Å²) in [6, 6.07) is 0. The second kappa shape index (κ2) is 2.15. The highest BCUT2D eigenvalue weighted by atomic mass is 16.5. The van der Waals surface area contributed by atoms with E-state index < -0.39 is 0 Å². The van der Waals surface area contributed by atoms with Gasteiger partial charge in [0.25, 0.3) is 0 Å². The molecule has 0 saturated heterocycles. The fourth-order valence-corrected chi connectivity index (χ4v) is 0.743. The van der Waals surface area contributed by atoms with Crippen LogP contribution in [0.1, 0.15) is 27.7 Å². The van der Waals surface area contributed by atoms with Crippen LogP contribution in [0.15, 0.2) is 5.10 Å². The van der Waals surface area contributed by atoms with Gasteiger partial charge >= 0.3 is 0 Å². The standard InChI is InChI=1S/C7H14N2O/c1-5-8-9-6(10-5)7(2,3)4/h6,9H,1-4H3. The Labute approximate surface area is 61.5 Å². The minimum atomic E-state index is 0.0347. The van der Waals surface area contributed by atoms with E-state index in [9.17, 15) is 0 Å².